The Morgan fingerprint density at radius 2 is 2.44 bits per heavy atom. The molecule has 0 radical (unpaired) electrons. The molecule has 0 saturated carbocycles. The van der Waals surface area contributed by atoms with Gasteiger partial charge in [-0.15, -0.1) is 0 Å². The first kappa shape index (κ1) is 13.6. The molecule has 0 saturated heterocycles. The molecular formula is C10H16IN3O2. The number of hydrogen-bond acceptors (Lipinski definition) is 4. The predicted octanol–water partition coefficient (Wildman–Crippen LogP) is 0.208. The van der Waals surface area contributed by atoms with Crippen molar-refractivity contribution in [3.05, 3.63) is 26.4 Å². The summed E-state index contributed by atoms with van der Waals surface area (Å²) < 4.78 is 1.99. The van der Waals surface area contributed by atoms with Crippen LogP contribution in [-0.2, 0) is 6.54 Å². The molecule has 90 valence electrons. The summed E-state index contributed by atoms with van der Waals surface area (Å²) in [5.41, 5.74) is -0.106. The van der Waals surface area contributed by atoms with Crippen LogP contribution >= 0.6 is 22.6 Å². The fourth-order valence-corrected chi connectivity index (χ4v) is 1.76. The molecule has 5 nitrogen and oxygen atoms in total. The monoisotopic (exact) mass is 337 g/mol. The van der Waals surface area contributed by atoms with E-state index in [0.717, 1.165) is 13.0 Å². The van der Waals surface area contributed by atoms with Gasteiger partial charge in [-0.25, -0.2) is 4.98 Å². The number of hydrogen-bond donors (Lipinski definition) is 2. The van der Waals surface area contributed by atoms with Gasteiger partial charge in [-0.3, -0.25) is 9.36 Å². The van der Waals surface area contributed by atoms with Crippen molar-refractivity contribution >= 4 is 22.6 Å². The maximum absolute atomic E-state index is 11.6. The minimum atomic E-state index is -0.566. The Labute approximate surface area is 108 Å². The summed E-state index contributed by atoms with van der Waals surface area (Å²) in [6.07, 6.45) is 3.43. The molecular weight excluding hydrogens is 321 g/mol. The summed E-state index contributed by atoms with van der Waals surface area (Å²) in [4.78, 5) is 15.5. The Kier molecular flexibility index (Phi) is 5.93. The highest BCUT2D eigenvalue weighted by Crippen LogP contribution is 1.94. The van der Waals surface area contributed by atoms with Crippen LogP contribution in [-0.4, -0.2) is 33.9 Å². The van der Waals surface area contributed by atoms with Crippen LogP contribution in [0.2, 0.25) is 0 Å². The van der Waals surface area contributed by atoms with E-state index >= 15 is 0 Å². The van der Waals surface area contributed by atoms with Crippen molar-refractivity contribution in [1.82, 2.24) is 14.9 Å². The van der Waals surface area contributed by atoms with Crippen LogP contribution in [0.1, 0.15) is 13.3 Å². The lowest BCUT2D eigenvalue weighted by molar-refractivity contribution is 0.150. The van der Waals surface area contributed by atoms with Crippen molar-refractivity contribution in [2.45, 2.75) is 26.0 Å². The van der Waals surface area contributed by atoms with E-state index in [1.807, 2.05) is 22.6 Å². The van der Waals surface area contributed by atoms with Crippen LogP contribution in [0.4, 0.5) is 0 Å². The van der Waals surface area contributed by atoms with E-state index < -0.39 is 6.10 Å². The summed E-state index contributed by atoms with van der Waals surface area (Å²) in [5.74, 6) is 0. The number of nitrogens with one attached hydrogen (secondary N) is 1. The maximum atomic E-state index is 11.6. The number of aliphatic hydroxyl groups is 1. The SMILES string of the molecule is CCCNCC(O)Cn1cncc(I)c1=O. The molecule has 0 amide bonds. The van der Waals surface area contributed by atoms with Crippen LogP contribution in [0.5, 0.6) is 0 Å². The molecule has 0 spiro atoms. The Bertz CT molecular complexity index is 381. The van der Waals surface area contributed by atoms with Crippen LogP contribution < -0.4 is 10.9 Å². The van der Waals surface area contributed by atoms with E-state index in [1.165, 1.54) is 17.1 Å². The molecule has 0 aromatic carbocycles. The molecule has 0 aliphatic carbocycles. The van der Waals surface area contributed by atoms with Gasteiger partial charge in [0.2, 0.25) is 0 Å². The van der Waals surface area contributed by atoms with E-state index in [1.54, 1.807) is 0 Å². The Morgan fingerprint density at radius 3 is 3.12 bits per heavy atom. The van der Waals surface area contributed by atoms with Crippen molar-refractivity contribution in [3.8, 4) is 0 Å². The average Bonchev–Trinajstić information content (AvgIpc) is 2.25. The number of aromatic nitrogens is 2. The maximum Gasteiger partial charge on any atom is 0.266 e. The van der Waals surface area contributed by atoms with Crippen LogP contribution in [0.25, 0.3) is 0 Å². The Balaban J connectivity index is 2.53. The van der Waals surface area contributed by atoms with E-state index in [9.17, 15) is 9.90 Å². The first-order valence-corrected chi connectivity index (χ1v) is 6.31. The summed E-state index contributed by atoms with van der Waals surface area (Å²) in [5, 5.41) is 12.8. The topological polar surface area (TPSA) is 67.2 Å². The van der Waals surface area contributed by atoms with Crippen molar-refractivity contribution in [1.29, 1.82) is 0 Å². The van der Waals surface area contributed by atoms with Gasteiger partial charge < -0.3 is 10.4 Å². The smallest absolute Gasteiger partial charge is 0.266 e. The molecule has 1 rings (SSSR count). The third-order valence-electron chi connectivity index (χ3n) is 2.07. The number of aliphatic hydroxyl groups excluding tert-OH is 1. The van der Waals surface area contributed by atoms with Gasteiger partial charge in [-0.2, -0.15) is 0 Å². The average molecular weight is 337 g/mol. The molecule has 1 aromatic rings. The van der Waals surface area contributed by atoms with Crippen LogP contribution in [0.3, 0.4) is 0 Å². The van der Waals surface area contributed by atoms with E-state index in [4.69, 9.17) is 0 Å². The fourth-order valence-electron chi connectivity index (χ4n) is 1.29. The summed E-state index contributed by atoms with van der Waals surface area (Å²) in [7, 11) is 0. The quantitative estimate of drug-likeness (QED) is 0.575. The summed E-state index contributed by atoms with van der Waals surface area (Å²) >= 11 is 1.94. The second-order valence-electron chi connectivity index (χ2n) is 3.56. The minimum Gasteiger partial charge on any atom is -0.390 e. The van der Waals surface area contributed by atoms with Gasteiger partial charge in [0.1, 0.15) is 0 Å². The van der Waals surface area contributed by atoms with Crippen molar-refractivity contribution in [3.63, 3.8) is 0 Å². The molecule has 1 atom stereocenters. The number of halogens is 1. The molecule has 6 heteroatoms. The lowest BCUT2D eigenvalue weighted by Crippen LogP contribution is -2.34. The zero-order valence-electron chi connectivity index (χ0n) is 9.19. The van der Waals surface area contributed by atoms with Crippen molar-refractivity contribution in [2.75, 3.05) is 13.1 Å². The number of rotatable bonds is 6. The molecule has 16 heavy (non-hydrogen) atoms. The molecule has 1 unspecified atom stereocenters. The van der Waals surface area contributed by atoms with Gasteiger partial charge >= 0.3 is 0 Å². The zero-order valence-corrected chi connectivity index (χ0v) is 11.3. The van der Waals surface area contributed by atoms with Gasteiger partial charge in [0.25, 0.3) is 5.56 Å². The van der Waals surface area contributed by atoms with Crippen LogP contribution in [0.15, 0.2) is 17.3 Å². The highest BCUT2D eigenvalue weighted by molar-refractivity contribution is 14.1. The minimum absolute atomic E-state index is 0.106. The normalized spacial score (nSPS) is 12.7. The Hall–Kier alpha value is -0.470. The van der Waals surface area contributed by atoms with Crippen LogP contribution in [0, 0.1) is 3.57 Å². The standard InChI is InChI=1S/C10H16IN3O2/c1-2-3-12-4-8(15)6-14-7-13-5-9(11)10(14)16/h5,7-8,12,15H,2-4,6H2,1H3. The van der Waals surface area contributed by atoms with Gasteiger partial charge in [-0.05, 0) is 35.6 Å². The number of nitrogens with zero attached hydrogens (tertiary/aromatic N) is 2. The molecule has 0 fully saturated rings. The Morgan fingerprint density at radius 1 is 1.69 bits per heavy atom. The predicted molar refractivity (Wildman–Crippen MR) is 70.4 cm³/mol. The van der Waals surface area contributed by atoms with Crippen molar-refractivity contribution in [2.24, 2.45) is 0 Å². The first-order chi connectivity index (χ1) is 7.65. The zero-order chi connectivity index (χ0) is 12.0. The fraction of sp³-hybridized carbons (Fsp3) is 0.600. The molecule has 0 bridgehead atoms. The lowest BCUT2D eigenvalue weighted by atomic mass is 10.3. The largest absolute Gasteiger partial charge is 0.390 e. The highest BCUT2D eigenvalue weighted by Gasteiger charge is 2.07. The van der Waals surface area contributed by atoms with Gasteiger partial charge in [0.15, 0.2) is 0 Å². The summed E-state index contributed by atoms with van der Waals surface area (Å²) in [6.45, 7) is 3.70. The van der Waals surface area contributed by atoms with Gasteiger partial charge in [0, 0.05) is 12.7 Å². The molecule has 2 N–H and O–H groups in total. The first-order valence-electron chi connectivity index (χ1n) is 5.24. The van der Waals surface area contributed by atoms with E-state index in [2.05, 4.69) is 17.2 Å². The lowest BCUT2D eigenvalue weighted by Gasteiger charge is -2.12. The second-order valence-corrected chi connectivity index (χ2v) is 4.72. The van der Waals surface area contributed by atoms with E-state index in [0.29, 0.717) is 10.1 Å². The second kappa shape index (κ2) is 6.97. The molecule has 0 aliphatic heterocycles. The third kappa shape index (κ3) is 4.18. The van der Waals surface area contributed by atoms with Gasteiger partial charge in [-0.1, -0.05) is 6.92 Å². The highest BCUT2D eigenvalue weighted by atomic mass is 127. The van der Waals surface area contributed by atoms with Gasteiger partial charge in [0.05, 0.1) is 22.5 Å². The van der Waals surface area contributed by atoms with E-state index in [-0.39, 0.29) is 12.1 Å². The molecule has 1 heterocycles. The summed E-state index contributed by atoms with van der Waals surface area (Å²) in [6, 6.07) is 0. The molecule has 1 aromatic heterocycles. The van der Waals surface area contributed by atoms with Crippen molar-refractivity contribution < 1.29 is 5.11 Å². The molecule has 0 aliphatic rings. The third-order valence-corrected chi connectivity index (χ3v) is 2.81.